The first-order chi connectivity index (χ1) is 6.24. The lowest BCUT2D eigenvalue weighted by Crippen LogP contribution is -2.07. The van der Waals surface area contributed by atoms with Gasteiger partial charge in [0.05, 0.1) is 6.20 Å². The van der Waals surface area contributed by atoms with Crippen LogP contribution in [-0.2, 0) is 6.42 Å². The van der Waals surface area contributed by atoms with Crippen molar-refractivity contribution in [3.05, 3.63) is 17.5 Å². The van der Waals surface area contributed by atoms with Crippen LogP contribution in [0.15, 0.2) is 6.20 Å². The van der Waals surface area contributed by atoms with E-state index in [1.807, 2.05) is 0 Å². The topological polar surface area (TPSA) is 17.8 Å². The van der Waals surface area contributed by atoms with Crippen LogP contribution in [0.1, 0.15) is 56.8 Å². The molecular weight excluding hydrogens is 160 g/mol. The van der Waals surface area contributed by atoms with Crippen LogP contribution in [0.4, 0.5) is 0 Å². The number of rotatable bonds is 3. The summed E-state index contributed by atoms with van der Waals surface area (Å²) in [6.45, 7) is 6.62. The van der Waals surface area contributed by atoms with Crippen molar-refractivity contribution in [2.24, 2.45) is 0 Å². The van der Waals surface area contributed by atoms with Gasteiger partial charge < -0.3 is 0 Å². The van der Waals surface area contributed by atoms with Crippen LogP contribution in [0.3, 0.4) is 0 Å². The van der Waals surface area contributed by atoms with Gasteiger partial charge in [-0.25, -0.2) is 0 Å². The summed E-state index contributed by atoms with van der Waals surface area (Å²) in [6.07, 6.45) is 5.94. The Labute approximate surface area is 80.0 Å². The Bertz CT molecular complexity index is 276. The highest BCUT2D eigenvalue weighted by atomic mass is 15.3. The van der Waals surface area contributed by atoms with Crippen molar-refractivity contribution in [1.29, 1.82) is 0 Å². The molecule has 0 aromatic carbocycles. The minimum atomic E-state index is 0.502. The maximum absolute atomic E-state index is 4.46. The molecule has 0 unspecified atom stereocenters. The molecule has 2 heteroatoms. The van der Waals surface area contributed by atoms with Crippen LogP contribution in [-0.4, -0.2) is 9.78 Å². The largest absolute Gasteiger partial charge is 0.267 e. The van der Waals surface area contributed by atoms with E-state index < -0.39 is 0 Å². The molecule has 13 heavy (non-hydrogen) atoms. The number of nitrogens with zero attached hydrogens (tertiary/aromatic N) is 2. The first-order valence-corrected chi connectivity index (χ1v) is 5.30. The molecule has 0 bridgehead atoms. The summed E-state index contributed by atoms with van der Waals surface area (Å²) in [4.78, 5) is 0. The fourth-order valence-electron chi connectivity index (χ4n) is 1.95. The molecule has 0 radical (unpaired) electrons. The van der Waals surface area contributed by atoms with Gasteiger partial charge in [-0.3, -0.25) is 4.68 Å². The summed E-state index contributed by atoms with van der Waals surface area (Å²) in [5, 5.41) is 4.46. The Morgan fingerprint density at radius 2 is 2.23 bits per heavy atom. The highest BCUT2D eigenvalue weighted by Crippen LogP contribution is 2.42. The predicted octanol–water partition coefficient (Wildman–Crippen LogP) is 2.90. The lowest BCUT2D eigenvalue weighted by atomic mass is 10.1. The van der Waals surface area contributed by atoms with Crippen molar-refractivity contribution < 1.29 is 0 Å². The second kappa shape index (κ2) is 3.17. The van der Waals surface area contributed by atoms with Crippen LogP contribution in [0.5, 0.6) is 0 Å². The third kappa shape index (κ3) is 1.50. The summed E-state index contributed by atoms with van der Waals surface area (Å²) in [5.74, 6) is 0.836. The van der Waals surface area contributed by atoms with Crippen molar-refractivity contribution >= 4 is 0 Å². The highest BCUT2D eigenvalue weighted by Gasteiger charge is 2.28. The molecule has 2 rings (SSSR count). The van der Waals surface area contributed by atoms with Gasteiger partial charge in [-0.05, 0) is 44.6 Å². The molecule has 72 valence electrons. The Morgan fingerprint density at radius 3 is 2.69 bits per heavy atom. The Hall–Kier alpha value is -0.790. The summed E-state index contributed by atoms with van der Waals surface area (Å²) in [5.41, 5.74) is 2.97. The molecule has 1 heterocycles. The molecule has 1 aliphatic rings. The van der Waals surface area contributed by atoms with Crippen LogP contribution in [0, 0.1) is 0 Å². The Balaban J connectivity index is 2.35. The molecule has 1 fully saturated rings. The van der Waals surface area contributed by atoms with Gasteiger partial charge >= 0.3 is 0 Å². The molecule has 0 saturated heterocycles. The zero-order valence-corrected chi connectivity index (χ0v) is 8.75. The first kappa shape index (κ1) is 8.79. The maximum atomic E-state index is 4.46. The molecule has 1 aromatic rings. The fourth-order valence-corrected chi connectivity index (χ4v) is 1.95. The maximum Gasteiger partial charge on any atom is 0.0527 e. The van der Waals surface area contributed by atoms with Gasteiger partial charge in [-0.15, -0.1) is 0 Å². The summed E-state index contributed by atoms with van der Waals surface area (Å²) < 4.78 is 2.17. The summed E-state index contributed by atoms with van der Waals surface area (Å²) in [6, 6.07) is 0.502. The molecule has 0 aliphatic heterocycles. The number of aromatic nitrogens is 2. The number of hydrogen-bond donors (Lipinski definition) is 0. The van der Waals surface area contributed by atoms with E-state index in [1.54, 1.807) is 0 Å². The Morgan fingerprint density at radius 1 is 1.54 bits per heavy atom. The van der Waals surface area contributed by atoms with Crippen LogP contribution < -0.4 is 0 Å². The van der Waals surface area contributed by atoms with E-state index in [9.17, 15) is 0 Å². The highest BCUT2D eigenvalue weighted by molar-refractivity contribution is 5.26. The average Bonchev–Trinajstić information content (AvgIpc) is 2.84. The van der Waals surface area contributed by atoms with Crippen LogP contribution in [0.2, 0.25) is 0 Å². The third-order valence-corrected chi connectivity index (χ3v) is 2.77. The van der Waals surface area contributed by atoms with Gasteiger partial charge in [0.25, 0.3) is 0 Å². The van der Waals surface area contributed by atoms with Gasteiger partial charge in [0.1, 0.15) is 0 Å². The SMILES string of the molecule is CCc1c(C2CC2)cnn1C(C)C. The van der Waals surface area contributed by atoms with Gasteiger partial charge in [-0.1, -0.05) is 6.92 Å². The quantitative estimate of drug-likeness (QED) is 0.696. The zero-order chi connectivity index (χ0) is 9.42. The van der Waals surface area contributed by atoms with E-state index in [0.717, 1.165) is 12.3 Å². The molecule has 0 N–H and O–H groups in total. The van der Waals surface area contributed by atoms with E-state index in [0.29, 0.717) is 6.04 Å². The lowest BCUT2D eigenvalue weighted by Gasteiger charge is -2.10. The lowest BCUT2D eigenvalue weighted by molar-refractivity contribution is 0.510. The summed E-state index contributed by atoms with van der Waals surface area (Å²) in [7, 11) is 0. The van der Waals surface area contributed by atoms with Crippen molar-refractivity contribution in [3.63, 3.8) is 0 Å². The monoisotopic (exact) mass is 178 g/mol. The smallest absolute Gasteiger partial charge is 0.0527 e. The molecule has 2 nitrogen and oxygen atoms in total. The molecule has 1 aromatic heterocycles. The van der Waals surface area contributed by atoms with Gasteiger partial charge in [-0.2, -0.15) is 5.10 Å². The minimum absolute atomic E-state index is 0.502. The van der Waals surface area contributed by atoms with Crippen LogP contribution >= 0.6 is 0 Å². The van der Waals surface area contributed by atoms with Crippen molar-refractivity contribution in [3.8, 4) is 0 Å². The first-order valence-electron chi connectivity index (χ1n) is 5.30. The van der Waals surface area contributed by atoms with E-state index in [-0.39, 0.29) is 0 Å². The van der Waals surface area contributed by atoms with E-state index in [1.165, 1.54) is 24.1 Å². The second-order valence-corrected chi connectivity index (χ2v) is 4.21. The summed E-state index contributed by atoms with van der Waals surface area (Å²) >= 11 is 0. The molecule has 0 atom stereocenters. The zero-order valence-electron chi connectivity index (χ0n) is 8.75. The molecular formula is C11H18N2. The van der Waals surface area contributed by atoms with E-state index in [4.69, 9.17) is 0 Å². The van der Waals surface area contributed by atoms with Crippen molar-refractivity contribution in [2.75, 3.05) is 0 Å². The van der Waals surface area contributed by atoms with Crippen molar-refractivity contribution in [1.82, 2.24) is 9.78 Å². The molecule has 0 amide bonds. The molecule has 1 saturated carbocycles. The average molecular weight is 178 g/mol. The van der Waals surface area contributed by atoms with E-state index >= 15 is 0 Å². The van der Waals surface area contributed by atoms with Gasteiger partial charge in [0.15, 0.2) is 0 Å². The normalized spacial score (nSPS) is 16.9. The second-order valence-electron chi connectivity index (χ2n) is 4.21. The predicted molar refractivity (Wildman–Crippen MR) is 54.0 cm³/mol. The molecule has 0 spiro atoms. The van der Waals surface area contributed by atoms with Gasteiger partial charge in [0, 0.05) is 11.7 Å². The third-order valence-electron chi connectivity index (χ3n) is 2.77. The minimum Gasteiger partial charge on any atom is -0.267 e. The van der Waals surface area contributed by atoms with Crippen LogP contribution in [0.25, 0.3) is 0 Å². The van der Waals surface area contributed by atoms with E-state index in [2.05, 4.69) is 36.7 Å². The Kier molecular flexibility index (Phi) is 2.14. The number of hydrogen-bond acceptors (Lipinski definition) is 1. The molecule has 1 aliphatic carbocycles. The standard InChI is InChI=1S/C11H18N2/c1-4-11-10(9-5-6-9)7-12-13(11)8(2)3/h7-9H,4-6H2,1-3H3. The fraction of sp³-hybridized carbons (Fsp3) is 0.727. The van der Waals surface area contributed by atoms with Crippen molar-refractivity contribution in [2.45, 2.75) is 52.0 Å². The van der Waals surface area contributed by atoms with Gasteiger partial charge in [0.2, 0.25) is 0 Å².